The van der Waals surface area contributed by atoms with Crippen molar-refractivity contribution in [1.29, 1.82) is 0 Å². The quantitative estimate of drug-likeness (QED) is 0.352. The zero-order valence-corrected chi connectivity index (χ0v) is 19.4. The van der Waals surface area contributed by atoms with E-state index in [1.165, 1.54) is 22.3 Å². The van der Waals surface area contributed by atoms with Crippen LogP contribution in [0.25, 0.3) is 22.3 Å². The topological polar surface area (TPSA) is 40.5 Å². The van der Waals surface area contributed by atoms with Crippen LogP contribution in [0.1, 0.15) is 46.2 Å². The third-order valence-electron chi connectivity index (χ3n) is 6.11. The van der Waals surface area contributed by atoms with E-state index in [1.807, 2.05) is 12.1 Å². The molecule has 0 aliphatic rings. The van der Waals surface area contributed by atoms with Crippen molar-refractivity contribution in [2.24, 2.45) is 0 Å². The van der Waals surface area contributed by atoms with Crippen molar-refractivity contribution >= 4 is 0 Å². The molecule has 32 heavy (non-hydrogen) atoms. The van der Waals surface area contributed by atoms with Gasteiger partial charge in [-0.1, -0.05) is 77.7 Å². The molecule has 0 heterocycles. The molecule has 0 aliphatic heterocycles. The summed E-state index contributed by atoms with van der Waals surface area (Å²) in [6, 6.07) is 24.4. The Balaban J connectivity index is 1.76. The van der Waals surface area contributed by atoms with Gasteiger partial charge >= 0.3 is 0 Å². The molecule has 2 heteroatoms. The summed E-state index contributed by atoms with van der Waals surface area (Å²) in [6.45, 7) is 10.5. The number of rotatable bonds is 4. The summed E-state index contributed by atoms with van der Waals surface area (Å²) < 4.78 is 0. The minimum Gasteiger partial charge on any atom is -0.507 e. The van der Waals surface area contributed by atoms with Gasteiger partial charge in [-0.2, -0.15) is 0 Å². The fourth-order valence-electron chi connectivity index (χ4n) is 4.56. The standard InChI is InChI=1S/C30H30O2/c1-18-10-19(2)13-25(12-18)27-16-23(6-8-29(27)31)22(5)24-7-9-30(32)28(17-24)26-14-20(3)11-21(4)15-26/h6-17,22,31-32H,1-5H3. The highest BCUT2D eigenvalue weighted by Gasteiger charge is 2.15. The molecule has 0 fully saturated rings. The first-order chi connectivity index (χ1) is 15.2. The number of phenols is 2. The van der Waals surface area contributed by atoms with Gasteiger partial charge in [-0.3, -0.25) is 0 Å². The summed E-state index contributed by atoms with van der Waals surface area (Å²) in [7, 11) is 0. The average molecular weight is 423 g/mol. The molecule has 0 saturated heterocycles. The Morgan fingerprint density at radius 3 is 1.19 bits per heavy atom. The van der Waals surface area contributed by atoms with Gasteiger partial charge in [0.1, 0.15) is 11.5 Å². The fourth-order valence-corrected chi connectivity index (χ4v) is 4.56. The summed E-state index contributed by atoms with van der Waals surface area (Å²) in [5.74, 6) is 0.672. The lowest BCUT2D eigenvalue weighted by molar-refractivity contribution is 0.477. The Labute approximate surface area is 190 Å². The van der Waals surface area contributed by atoms with Crippen LogP contribution in [0.2, 0.25) is 0 Å². The van der Waals surface area contributed by atoms with Crippen LogP contribution in [-0.4, -0.2) is 10.2 Å². The zero-order valence-electron chi connectivity index (χ0n) is 19.4. The van der Waals surface area contributed by atoms with Crippen LogP contribution in [0.15, 0.2) is 72.8 Å². The molecule has 2 nitrogen and oxygen atoms in total. The summed E-state index contributed by atoms with van der Waals surface area (Å²) >= 11 is 0. The van der Waals surface area contributed by atoms with E-state index in [0.717, 1.165) is 33.4 Å². The summed E-state index contributed by atoms with van der Waals surface area (Å²) in [5.41, 5.74) is 10.7. The molecule has 0 amide bonds. The minimum absolute atomic E-state index is 0.102. The van der Waals surface area contributed by atoms with Gasteiger partial charge in [0.2, 0.25) is 0 Å². The molecule has 4 aromatic rings. The average Bonchev–Trinajstić information content (AvgIpc) is 2.72. The summed E-state index contributed by atoms with van der Waals surface area (Å²) in [5, 5.41) is 21.1. The van der Waals surface area contributed by atoms with Crippen molar-refractivity contribution in [1.82, 2.24) is 0 Å². The number of aromatic hydroxyl groups is 2. The minimum atomic E-state index is 0.102. The van der Waals surface area contributed by atoms with Crippen molar-refractivity contribution < 1.29 is 10.2 Å². The lowest BCUT2D eigenvalue weighted by Gasteiger charge is -2.17. The van der Waals surface area contributed by atoms with E-state index in [0.29, 0.717) is 0 Å². The summed E-state index contributed by atoms with van der Waals surface area (Å²) in [4.78, 5) is 0. The largest absolute Gasteiger partial charge is 0.507 e. The second-order valence-corrected chi connectivity index (χ2v) is 9.03. The fraction of sp³-hybridized carbons (Fsp3) is 0.200. The summed E-state index contributed by atoms with van der Waals surface area (Å²) in [6.07, 6.45) is 0. The molecule has 0 spiro atoms. The highest BCUT2D eigenvalue weighted by Crippen LogP contribution is 2.38. The van der Waals surface area contributed by atoms with E-state index in [1.54, 1.807) is 12.1 Å². The first-order valence-corrected chi connectivity index (χ1v) is 11.0. The molecule has 0 unspecified atom stereocenters. The van der Waals surface area contributed by atoms with Crippen molar-refractivity contribution in [3.8, 4) is 33.8 Å². The van der Waals surface area contributed by atoms with Crippen LogP contribution >= 0.6 is 0 Å². The molecule has 4 rings (SSSR count). The molecule has 2 N–H and O–H groups in total. The van der Waals surface area contributed by atoms with Crippen LogP contribution in [0.3, 0.4) is 0 Å². The lowest BCUT2D eigenvalue weighted by Crippen LogP contribution is -1.98. The Morgan fingerprint density at radius 1 is 0.500 bits per heavy atom. The highest BCUT2D eigenvalue weighted by molar-refractivity contribution is 5.74. The third kappa shape index (κ3) is 4.40. The number of aryl methyl sites for hydroxylation is 4. The predicted octanol–water partition coefficient (Wildman–Crippen LogP) is 7.82. The smallest absolute Gasteiger partial charge is 0.123 e. The van der Waals surface area contributed by atoms with Gasteiger partial charge in [-0.25, -0.2) is 0 Å². The molecule has 0 saturated carbocycles. The molecule has 0 radical (unpaired) electrons. The SMILES string of the molecule is Cc1cc(C)cc(-c2cc(C(C)c3ccc(O)c(-c4cc(C)cc(C)c4)c3)ccc2O)c1. The van der Waals surface area contributed by atoms with E-state index in [2.05, 4.69) is 83.1 Å². The van der Waals surface area contributed by atoms with Gasteiger partial charge in [-0.15, -0.1) is 0 Å². The van der Waals surface area contributed by atoms with Crippen LogP contribution < -0.4 is 0 Å². The monoisotopic (exact) mass is 422 g/mol. The molecule has 0 aliphatic carbocycles. The van der Waals surface area contributed by atoms with Gasteiger partial charge in [-0.05, 0) is 74.2 Å². The van der Waals surface area contributed by atoms with Crippen molar-refractivity contribution in [3.63, 3.8) is 0 Å². The highest BCUT2D eigenvalue weighted by atomic mass is 16.3. The predicted molar refractivity (Wildman–Crippen MR) is 134 cm³/mol. The lowest BCUT2D eigenvalue weighted by atomic mass is 9.88. The Kier molecular flexibility index (Phi) is 5.80. The molecule has 0 atom stereocenters. The Bertz CT molecular complexity index is 1160. The normalized spacial score (nSPS) is 11.2. The van der Waals surface area contributed by atoms with E-state index in [4.69, 9.17) is 0 Å². The molecule has 0 bridgehead atoms. The molecule has 0 aromatic heterocycles. The molecule has 4 aromatic carbocycles. The Morgan fingerprint density at radius 2 is 0.844 bits per heavy atom. The molecular weight excluding hydrogens is 392 g/mol. The van der Waals surface area contributed by atoms with Gasteiger partial charge in [0.15, 0.2) is 0 Å². The third-order valence-corrected chi connectivity index (χ3v) is 6.11. The van der Waals surface area contributed by atoms with Crippen molar-refractivity contribution in [2.45, 2.75) is 40.5 Å². The number of hydrogen-bond donors (Lipinski definition) is 2. The van der Waals surface area contributed by atoms with E-state index in [9.17, 15) is 10.2 Å². The van der Waals surface area contributed by atoms with Crippen LogP contribution in [0.4, 0.5) is 0 Å². The molecule has 162 valence electrons. The van der Waals surface area contributed by atoms with E-state index >= 15 is 0 Å². The van der Waals surface area contributed by atoms with E-state index in [-0.39, 0.29) is 17.4 Å². The van der Waals surface area contributed by atoms with Gasteiger partial charge in [0.05, 0.1) is 0 Å². The number of benzene rings is 4. The number of phenolic OH excluding ortho intramolecular Hbond substituents is 2. The first-order valence-electron chi connectivity index (χ1n) is 11.0. The maximum absolute atomic E-state index is 10.6. The molecular formula is C30H30O2. The van der Waals surface area contributed by atoms with Crippen molar-refractivity contribution in [2.75, 3.05) is 0 Å². The first kappa shape index (κ1) is 21.7. The van der Waals surface area contributed by atoms with Crippen molar-refractivity contribution in [3.05, 3.63) is 106 Å². The van der Waals surface area contributed by atoms with Crippen LogP contribution in [0, 0.1) is 27.7 Å². The van der Waals surface area contributed by atoms with Gasteiger partial charge in [0, 0.05) is 17.0 Å². The number of hydrogen-bond acceptors (Lipinski definition) is 2. The van der Waals surface area contributed by atoms with Gasteiger partial charge in [0.25, 0.3) is 0 Å². The second kappa shape index (κ2) is 8.55. The van der Waals surface area contributed by atoms with Crippen LogP contribution in [0.5, 0.6) is 11.5 Å². The van der Waals surface area contributed by atoms with Crippen LogP contribution in [-0.2, 0) is 0 Å². The maximum atomic E-state index is 10.6. The Hall–Kier alpha value is -3.52. The second-order valence-electron chi connectivity index (χ2n) is 9.03. The van der Waals surface area contributed by atoms with Gasteiger partial charge < -0.3 is 10.2 Å². The zero-order chi connectivity index (χ0) is 23.0. The maximum Gasteiger partial charge on any atom is 0.123 e. The van der Waals surface area contributed by atoms with E-state index < -0.39 is 0 Å².